The molecule has 0 radical (unpaired) electrons. The van der Waals surface area contributed by atoms with E-state index in [1.807, 2.05) is 38.5 Å². The van der Waals surface area contributed by atoms with Gasteiger partial charge in [0.1, 0.15) is 0 Å². The van der Waals surface area contributed by atoms with Crippen LogP contribution in [0.3, 0.4) is 0 Å². The minimum absolute atomic E-state index is 0.455. The van der Waals surface area contributed by atoms with Crippen LogP contribution in [0.15, 0.2) is 30.7 Å². The van der Waals surface area contributed by atoms with Crippen LogP contribution < -0.4 is 0 Å². The first-order valence-electron chi connectivity index (χ1n) is 5.73. The summed E-state index contributed by atoms with van der Waals surface area (Å²) in [7, 11) is 1.89. The van der Waals surface area contributed by atoms with Crippen LogP contribution in [0, 0.1) is 6.92 Å². The van der Waals surface area contributed by atoms with Gasteiger partial charge in [0.05, 0.1) is 12.3 Å². The number of hydrogen-bond donors (Lipinski definition) is 1. The Morgan fingerprint density at radius 3 is 2.76 bits per heavy atom. The zero-order valence-electron chi connectivity index (χ0n) is 10.2. The summed E-state index contributed by atoms with van der Waals surface area (Å²) in [6.07, 6.45) is 6.60. The average Bonchev–Trinajstić information content (AvgIpc) is 2.73. The maximum atomic E-state index is 10.0. The monoisotopic (exact) mass is 231 g/mol. The molecule has 0 aromatic carbocycles. The fourth-order valence-corrected chi connectivity index (χ4v) is 1.75. The maximum absolute atomic E-state index is 10.0. The summed E-state index contributed by atoms with van der Waals surface area (Å²) < 4.78 is 1.77. The van der Waals surface area contributed by atoms with Crippen LogP contribution in [0.1, 0.15) is 29.3 Å². The molecule has 2 rings (SSSR count). The van der Waals surface area contributed by atoms with E-state index in [1.54, 1.807) is 10.9 Å². The van der Waals surface area contributed by atoms with E-state index in [9.17, 15) is 5.11 Å². The fraction of sp³-hybridized carbons (Fsp3) is 0.385. The Bertz CT molecular complexity index is 476. The lowest BCUT2D eigenvalue weighted by atomic mass is 10.0. The second kappa shape index (κ2) is 5.10. The van der Waals surface area contributed by atoms with Gasteiger partial charge in [-0.05, 0) is 37.0 Å². The van der Waals surface area contributed by atoms with E-state index in [0.717, 1.165) is 23.2 Å². The van der Waals surface area contributed by atoms with Crippen LogP contribution in [0.5, 0.6) is 0 Å². The molecular weight excluding hydrogens is 214 g/mol. The molecule has 0 saturated heterocycles. The predicted octanol–water partition coefficient (Wildman–Crippen LogP) is 1.79. The molecule has 1 N–H and O–H groups in total. The summed E-state index contributed by atoms with van der Waals surface area (Å²) in [5.74, 6) is 0. The SMILES string of the molecule is Cc1ccc(C(O)CCc2cnn(C)c2)cn1. The van der Waals surface area contributed by atoms with Crippen LogP contribution in [-0.2, 0) is 13.5 Å². The topological polar surface area (TPSA) is 50.9 Å². The molecule has 17 heavy (non-hydrogen) atoms. The van der Waals surface area contributed by atoms with Crippen molar-refractivity contribution in [3.05, 3.63) is 47.5 Å². The third-order valence-corrected chi connectivity index (χ3v) is 2.78. The molecule has 0 bridgehead atoms. The highest BCUT2D eigenvalue weighted by atomic mass is 16.3. The van der Waals surface area contributed by atoms with Crippen molar-refractivity contribution in [3.8, 4) is 0 Å². The van der Waals surface area contributed by atoms with Crippen molar-refractivity contribution in [3.63, 3.8) is 0 Å². The summed E-state index contributed by atoms with van der Waals surface area (Å²) in [6, 6.07) is 3.85. The lowest BCUT2D eigenvalue weighted by molar-refractivity contribution is 0.167. The average molecular weight is 231 g/mol. The quantitative estimate of drug-likeness (QED) is 0.872. The molecule has 90 valence electrons. The summed E-state index contributed by atoms with van der Waals surface area (Å²) in [4.78, 5) is 4.18. The largest absolute Gasteiger partial charge is 0.388 e. The maximum Gasteiger partial charge on any atom is 0.0808 e. The molecule has 2 aromatic rings. The first-order valence-corrected chi connectivity index (χ1v) is 5.73. The van der Waals surface area contributed by atoms with E-state index < -0.39 is 6.10 Å². The molecule has 0 fully saturated rings. The van der Waals surface area contributed by atoms with Crippen molar-refractivity contribution in [2.75, 3.05) is 0 Å². The zero-order chi connectivity index (χ0) is 12.3. The molecule has 2 aromatic heterocycles. The van der Waals surface area contributed by atoms with Gasteiger partial charge in [0.15, 0.2) is 0 Å². The van der Waals surface area contributed by atoms with Gasteiger partial charge in [-0.15, -0.1) is 0 Å². The Balaban J connectivity index is 1.93. The van der Waals surface area contributed by atoms with Gasteiger partial charge >= 0.3 is 0 Å². The van der Waals surface area contributed by atoms with Crippen molar-refractivity contribution in [2.24, 2.45) is 7.05 Å². The van der Waals surface area contributed by atoms with Gasteiger partial charge in [-0.25, -0.2) is 0 Å². The lowest BCUT2D eigenvalue weighted by Gasteiger charge is -2.09. The second-order valence-corrected chi connectivity index (χ2v) is 4.31. The Morgan fingerprint density at radius 1 is 1.35 bits per heavy atom. The highest BCUT2D eigenvalue weighted by Crippen LogP contribution is 2.18. The van der Waals surface area contributed by atoms with Crippen LogP contribution in [0.25, 0.3) is 0 Å². The van der Waals surface area contributed by atoms with Gasteiger partial charge in [0.25, 0.3) is 0 Å². The number of aliphatic hydroxyl groups excluding tert-OH is 1. The first-order chi connectivity index (χ1) is 8.15. The zero-order valence-corrected chi connectivity index (χ0v) is 10.2. The first kappa shape index (κ1) is 11.8. The molecular formula is C13H17N3O. The highest BCUT2D eigenvalue weighted by molar-refractivity contribution is 5.16. The predicted molar refractivity (Wildman–Crippen MR) is 65.5 cm³/mol. The molecule has 1 unspecified atom stereocenters. The normalized spacial score (nSPS) is 12.6. The summed E-state index contributed by atoms with van der Waals surface area (Å²) in [5.41, 5.74) is 2.99. The number of nitrogens with zero attached hydrogens (tertiary/aromatic N) is 3. The van der Waals surface area contributed by atoms with Gasteiger partial charge in [-0.2, -0.15) is 5.10 Å². The van der Waals surface area contributed by atoms with Crippen molar-refractivity contribution in [1.29, 1.82) is 0 Å². The molecule has 0 aliphatic carbocycles. The van der Waals surface area contributed by atoms with Crippen molar-refractivity contribution < 1.29 is 5.11 Å². The molecule has 1 atom stereocenters. The molecule has 0 spiro atoms. The molecule has 0 amide bonds. The number of rotatable bonds is 4. The molecule has 0 saturated carbocycles. The van der Waals surface area contributed by atoms with E-state index in [0.29, 0.717) is 6.42 Å². The second-order valence-electron chi connectivity index (χ2n) is 4.31. The minimum Gasteiger partial charge on any atom is -0.388 e. The Morgan fingerprint density at radius 2 is 2.18 bits per heavy atom. The lowest BCUT2D eigenvalue weighted by Crippen LogP contribution is -2.00. The van der Waals surface area contributed by atoms with E-state index in [1.165, 1.54) is 0 Å². The number of hydrogen-bond acceptors (Lipinski definition) is 3. The van der Waals surface area contributed by atoms with Crippen molar-refractivity contribution in [2.45, 2.75) is 25.9 Å². The van der Waals surface area contributed by atoms with E-state index in [2.05, 4.69) is 10.1 Å². The van der Waals surface area contributed by atoms with Crippen molar-refractivity contribution in [1.82, 2.24) is 14.8 Å². The number of pyridine rings is 1. The smallest absolute Gasteiger partial charge is 0.0808 e. The minimum atomic E-state index is -0.455. The van der Waals surface area contributed by atoms with Gasteiger partial charge in [0, 0.05) is 25.1 Å². The molecule has 2 heterocycles. The number of aryl methyl sites for hydroxylation is 3. The standard InChI is InChI=1S/C13H17N3O/c1-10-3-5-12(8-14-10)13(17)6-4-11-7-15-16(2)9-11/h3,5,7-9,13,17H,4,6H2,1-2H3. The third kappa shape index (κ3) is 3.14. The van der Waals surface area contributed by atoms with Gasteiger partial charge in [0.2, 0.25) is 0 Å². The Hall–Kier alpha value is -1.68. The highest BCUT2D eigenvalue weighted by Gasteiger charge is 2.08. The number of aromatic nitrogens is 3. The van der Waals surface area contributed by atoms with Crippen LogP contribution in [-0.4, -0.2) is 19.9 Å². The van der Waals surface area contributed by atoms with Crippen LogP contribution in [0.2, 0.25) is 0 Å². The van der Waals surface area contributed by atoms with Crippen molar-refractivity contribution >= 4 is 0 Å². The Kier molecular flexibility index (Phi) is 3.54. The van der Waals surface area contributed by atoms with E-state index in [4.69, 9.17) is 0 Å². The Labute approximate surface area is 101 Å². The van der Waals surface area contributed by atoms with Gasteiger partial charge in [-0.1, -0.05) is 6.07 Å². The van der Waals surface area contributed by atoms with E-state index in [-0.39, 0.29) is 0 Å². The third-order valence-electron chi connectivity index (χ3n) is 2.78. The van der Waals surface area contributed by atoms with Gasteiger partial charge < -0.3 is 5.11 Å². The summed E-state index contributed by atoms with van der Waals surface area (Å²) in [5, 5.41) is 14.1. The van der Waals surface area contributed by atoms with Crippen LogP contribution >= 0.6 is 0 Å². The van der Waals surface area contributed by atoms with E-state index >= 15 is 0 Å². The molecule has 4 nitrogen and oxygen atoms in total. The molecule has 4 heteroatoms. The molecule has 0 aliphatic rings. The fourth-order valence-electron chi connectivity index (χ4n) is 1.75. The number of aliphatic hydroxyl groups is 1. The van der Waals surface area contributed by atoms with Crippen LogP contribution in [0.4, 0.5) is 0 Å². The van der Waals surface area contributed by atoms with Gasteiger partial charge in [-0.3, -0.25) is 9.67 Å². The summed E-state index contributed by atoms with van der Waals surface area (Å²) in [6.45, 7) is 1.94. The molecule has 0 aliphatic heterocycles. The summed E-state index contributed by atoms with van der Waals surface area (Å²) >= 11 is 0.